The fourth-order valence-electron chi connectivity index (χ4n) is 6.65. The molecule has 320 valence electrons. The first-order chi connectivity index (χ1) is 27.0. The van der Waals surface area contributed by atoms with E-state index in [1.54, 1.807) is 0 Å². The maximum absolute atomic E-state index is 12.6. The highest BCUT2D eigenvalue weighted by molar-refractivity contribution is 5.70. The lowest BCUT2D eigenvalue weighted by atomic mass is 10.1. The molecule has 55 heavy (non-hydrogen) atoms. The minimum absolute atomic E-state index is 0.137. The Hall–Kier alpha value is -2.39. The van der Waals surface area contributed by atoms with Crippen LogP contribution in [-0.2, 0) is 28.5 Å². The van der Waals surface area contributed by atoms with Gasteiger partial charge in [-0.2, -0.15) is 0 Å². The lowest BCUT2D eigenvalue weighted by Crippen LogP contribution is -2.42. The molecular weight excluding hydrogens is 693 g/mol. The smallest absolute Gasteiger partial charge is 0.407 e. The molecule has 0 bridgehead atoms. The van der Waals surface area contributed by atoms with Gasteiger partial charge in [0.2, 0.25) is 0 Å². The van der Waals surface area contributed by atoms with E-state index >= 15 is 0 Å². The predicted octanol–water partition coefficient (Wildman–Crippen LogP) is 11.6. The Bertz CT molecular complexity index is 895. The Morgan fingerprint density at radius 2 is 0.945 bits per heavy atom. The second kappa shape index (κ2) is 39.8. The third-order valence-corrected chi connectivity index (χ3v) is 10.2. The first-order valence-corrected chi connectivity index (χ1v) is 22.9. The minimum atomic E-state index is -0.862. The average Bonchev–Trinajstić information content (AvgIpc) is 3.19. The number of unbranched alkanes of at least 4 members (excludes halogenated alkanes) is 22. The van der Waals surface area contributed by atoms with Crippen molar-refractivity contribution < 1.29 is 33.3 Å². The summed E-state index contributed by atoms with van der Waals surface area (Å²) >= 11 is 0. The van der Waals surface area contributed by atoms with Gasteiger partial charge in [-0.3, -0.25) is 14.5 Å². The molecule has 0 aromatic heterocycles. The summed E-state index contributed by atoms with van der Waals surface area (Å²) in [6, 6.07) is 0. The van der Waals surface area contributed by atoms with Crippen LogP contribution in [0.3, 0.4) is 0 Å². The van der Waals surface area contributed by atoms with Crippen LogP contribution in [0, 0.1) is 0 Å². The average molecular weight is 777 g/mol. The topological polar surface area (TPSA) is 103 Å². The molecule has 9 heteroatoms. The van der Waals surface area contributed by atoms with E-state index < -0.39 is 12.2 Å². The predicted molar refractivity (Wildman–Crippen MR) is 226 cm³/mol. The van der Waals surface area contributed by atoms with E-state index in [4.69, 9.17) is 18.9 Å². The van der Waals surface area contributed by atoms with Gasteiger partial charge in [0.05, 0.1) is 13.2 Å². The van der Waals surface area contributed by atoms with Crippen molar-refractivity contribution in [3.63, 3.8) is 0 Å². The number of nitrogens with zero attached hydrogens (tertiary/aromatic N) is 1. The summed E-state index contributed by atoms with van der Waals surface area (Å²) < 4.78 is 21.9. The molecule has 0 spiro atoms. The van der Waals surface area contributed by atoms with E-state index in [1.807, 2.05) is 0 Å². The number of allylic oxidation sites excluding steroid dienone is 4. The molecule has 0 aromatic carbocycles. The van der Waals surface area contributed by atoms with Crippen LogP contribution in [0.2, 0.25) is 0 Å². The first kappa shape index (κ1) is 50.6. The lowest BCUT2D eigenvalue weighted by molar-refractivity contribution is -0.152. The van der Waals surface area contributed by atoms with Crippen molar-refractivity contribution in [2.75, 3.05) is 52.6 Å². The molecule has 0 unspecified atom stereocenters. The number of alkyl carbamates (subject to hydrolysis) is 1. The molecule has 0 atom stereocenters. The summed E-state index contributed by atoms with van der Waals surface area (Å²) in [7, 11) is 0. The Labute approximate surface area is 337 Å². The largest absolute Gasteiger partial charge is 0.462 e. The highest BCUT2D eigenvalue weighted by Crippen LogP contribution is 2.13. The van der Waals surface area contributed by atoms with Gasteiger partial charge in [-0.1, -0.05) is 141 Å². The fraction of sp³-hybridized carbons (Fsp3) is 0.848. The van der Waals surface area contributed by atoms with Crippen molar-refractivity contribution in [2.45, 2.75) is 200 Å². The second-order valence-electron chi connectivity index (χ2n) is 15.4. The number of carbonyl (C=O) groups excluding carboxylic acids is 3. The van der Waals surface area contributed by atoms with E-state index in [1.165, 1.54) is 103 Å². The van der Waals surface area contributed by atoms with Crippen LogP contribution in [0.1, 0.15) is 194 Å². The van der Waals surface area contributed by atoms with Crippen molar-refractivity contribution in [2.24, 2.45) is 0 Å². The molecule has 1 saturated heterocycles. The zero-order chi connectivity index (χ0) is 39.7. The fourth-order valence-corrected chi connectivity index (χ4v) is 6.65. The summed E-state index contributed by atoms with van der Waals surface area (Å²) in [4.78, 5) is 39.8. The lowest BCUT2D eigenvalue weighted by Gasteiger charge is -2.26. The van der Waals surface area contributed by atoms with Crippen LogP contribution < -0.4 is 5.32 Å². The SMILES string of the molecule is CCCCCCCCC=CCCCCCCCC(=O)OCC(COC(=O)CCCCCCCC=CCCCCCCCC)OC(=O)NCCN1CCOCC1. The van der Waals surface area contributed by atoms with Gasteiger partial charge >= 0.3 is 18.0 Å². The standard InChI is InChI=1S/C46H84N2O7/c1-3-5-7-9-11-13-15-17-19-21-23-25-27-29-31-33-44(49)53-41-43(55-46(51)47-35-36-48-37-39-52-40-38-48)42-54-45(50)34-32-30-28-26-24-22-20-18-16-14-12-10-8-6-4-2/h17-20,43H,3-16,21-42H2,1-2H3,(H,47,51). The van der Waals surface area contributed by atoms with Crippen LogP contribution in [0.25, 0.3) is 0 Å². The third kappa shape index (κ3) is 35.7. The molecule has 0 aromatic rings. The van der Waals surface area contributed by atoms with Crippen LogP contribution in [0.4, 0.5) is 4.79 Å². The van der Waals surface area contributed by atoms with Crippen molar-refractivity contribution in [3.05, 3.63) is 24.3 Å². The van der Waals surface area contributed by atoms with Crippen molar-refractivity contribution in [1.82, 2.24) is 10.2 Å². The molecule has 1 rings (SSSR count). The van der Waals surface area contributed by atoms with Gasteiger partial charge in [0, 0.05) is 39.0 Å². The van der Waals surface area contributed by atoms with E-state index in [0.717, 1.165) is 77.3 Å². The summed E-state index contributed by atoms with van der Waals surface area (Å²) in [6.07, 6.45) is 39.6. The summed E-state index contributed by atoms with van der Waals surface area (Å²) in [5.74, 6) is -0.642. The highest BCUT2D eigenvalue weighted by atomic mass is 16.6. The number of hydrogen-bond acceptors (Lipinski definition) is 8. The molecule has 0 radical (unpaired) electrons. The highest BCUT2D eigenvalue weighted by Gasteiger charge is 2.20. The molecule has 1 aliphatic heterocycles. The number of nitrogens with one attached hydrogen (secondary N) is 1. The first-order valence-electron chi connectivity index (χ1n) is 22.9. The number of ether oxygens (including phenoxy) is 4. The molecule has 1 fully saturated rings. The van der Waals surface area contributed by atoms with Gasteiger partial charge in [0.25, 0.3) is 0 Å². The van der Waals surface area contributed by atoms with Gasteiger partial charge in [-0.05, 0) is 64.2 Å². The quantitative estimate of drug-likeness (QED) is 0.0286. The minimum Gasteiger partial charge on any atom is -0.462 e. The Balaban J connectivity index is 2.23. The number of rotatable bonds is 38. The maximum atomic E-state index is 12.6. The van der Waals surface area contributed by atoms with E-state index in [9.17, 15) is 14.4 Å². The number of hydrogen-bond donors (Lipinski definition) is 1. The molecule has 1 heterocycles. The number of amides is 1. The molecule has 0 aliphatic carbocycles. The summed E-state index contributed by atoms with van der Waals surface area (Å²) in [5.41, 5.74) is 0. The van der Waals surface area contributed by atoms with Gasteiger partial charge in [0.15, 0.2) is 6.10 Å². The van der Waals surface area contributed by atoms with E-state index in [-0.39, 0.29) is 25.2 Å². The number of carbonyl (C=O) groups is 3. The Morgan fingerprint density at radius 3 is 1.36 bits per heavy atom. The van der Waals surface area contributed by atoms with Crippen molar-refractivity contribution in [3.8, 4) is 0 Å². The summed E-state index contributed by atoms with van der Waals surface area (Å²) in [5, 5.41) is 2.77. The zero-order valence-corrected chi connectivity index (χ0v) is 35.6. The normalized spacial score (nSPS) is 14.1. The maximum Gasteiger partial charge on any atom is 0.407 e. The monoisotopic (exact) mass is 777 g/mol. The van der Waals surface area contributed by atoms with Gasteiger partial charge in [-0.25, -0.2) is 4.79 Å². The van der Waals surface area contributed by atoms with Gasteiger partial charge in [-0.15, -0.1) is 0 Å². The van der Waals surface area contributed by atoms with E-state index in [0.29, 0.717) is 39.1 Å². The molecule has 0 saturated carbocycles. The molecule has 1 aliphatic rings. The number of morpholine rings is 1. The summed E-state index contributed by atoms with van der Waals surface area (Å²) in [6.45, 7) is 8.41. The Morgan fingerprint density at radius 1 is 0.564 bits per heavy atom. The third-order valence-electron chi connectivity index (χ3n) is 10.2. The van der Waals surface area contributed by atoms with Crippen LogP contribution >= 0.6 is 0 Å². The van der Waals surface area contributed by atoms with Crippen LogP contribution in [0.5, 0.6) is 0 Å². The van der Waals surface area contributed by atoms with Crippen molar-refractivity contribution >= 4 is 18.0 Å². The van der Waals surface area contributed by atoms with Crippen LogP contribution in [0.15, 0.2) is 24.3 Å². The second-order valence-corrected chi connectivity index (χ2v) is 15.4. The molecule has 1 N–H and O–H groups in total. The van der Waals surface area contributed by atoms with Crippen molar-refractivity contribution in [1.29, 1.82) is 0 Å². The zero-order valence-electron chi connectivity index (χ0n) is 35.6. The van der Waals surface area contributed by atoms with Gasteiger partial charge < -0.3 is 24.3 Å². The molecule has 1 amide bonds. The molecular formula is C46H84N2O7. The Kier molecular flexibility index (Phi) is 36.7. The molecule has 9 nitrogen and oxygen atoms in total. The number of esters is 2. The van der Waals surface area contributed by atoms with Crippen LogP contribution in [-0.4, -0.2) is 81.6 Å². The van der Waals surface area contributed by atoms with E-state index in [2.05, 4.69) is 48.4 Å². The van der Waals surface area contributed by atoms with Gasteiger partial charge in [0.1, 0.15) is 13.2 Å².